The second-order valence-electron chi connectivity index (χ2n) is 16.4. The van der Waals surface area contributed by atoms with E-state index in [1.165, 1.54) is 35.6 Å². The fraction of sp³-hybridized carbons (Fsp3) is 0.381. The number of halogens is 1. The summed E-state index contributed by atoms with van der Waals surface area (Å²) in [6.45, 7) is 9.48. The molecule has 5 atom stereocenters. The Morgan fingerprint density at radius 2 is 1.87 bits per heavy atom. The number of hydrogen-bond acceptors (Lipinski definition) is 13. The van der Waals surface area contributed by atoms with Crippen molar-refractivity contribution >= 4 is 66.6 Å². The normalized spacial score (nSPS) is 21.9. The number of hydrogen-bond donors (Lipinski definition) is 3. The highest BCUT2D eigenvalue weighted by atomic mass is 35.5. The maximum Gasteiger partial charge on any atom is 0.259 e. The lowest BCUT2D eigenvalue weighted by molar-refractivity contribution is -0.141. The predicted octanol–water partition coefficient (Wildman–Crippen LogP) is 6.22. The number of anilines is 1. The average molecular weight is 874 g/mol. The maximum absolute atomic E-state index is 14.9. The number of fused-ring (bicyclic) bond motifs is 1. The van der Waals surface area contributed by atoms with Crippen molar-refractivity contribution in [1.82, 2.24) is 30.1 Å². The lowest BCUT2D eigenvalue weighted by atomic mass is 9.85. The average Bonchev–Trinajstić information content (AvgIpc) is 4.01. The molecule has 1 aliphatic heterocycles. The number of ether oxygens (including phenoxy) is 2. The molecule has 3 N–H and O–H groups in total. The third-order valence-electron chi connectivity index (χ3n) is 11.1. The predicted molar refractivity (Wildman–Crippen MR) is 227 cm³/mol. The molecule has 0 unspecified atom stereocenters. The molecule has 314 valence electrons. The van der Waals surface area contributed by atoms with Crippen molar-refractivity contribution in [2.45, 2.75) is 75.4 Å². The number of methoxy groups -OCH3 is 1. The van der Waals surface area contributed by atoms with Crippen LogP contribution in [0.2, 0.25) is 5.02 Å². The van der Waals surface area contributed by atoms with Gasteiger partial charge in [-0.15, -0.1) is 17.9 Å². The van der Waals surface area contributed by atoms with Gasteiger partial charge in [0.1, 0.15) is 40.9 Å². The van der Waals surface area contributed by atoms with E-state index in [1.807, 2.05) is 51.1 Å². The molecule has 3 fully saturated rings. The number of sulfonamides is 1. The molecular formula is C42H44ClN7O8S2. The Hall–Kier alpha value is -5.52. The largest absolute Gasteiger partial charge is 0.494 e. The van der Waals surface area contributed by atoms with Gasteiger partial charge in [-0.05, 0) is 42.9 Å². The van der Waals surface area contributed by atoms with E-state index in [0.717, 1.165) is 5.56 Å². The number of nitrogens with zero attached hydrogens (tertiary/aromatic N) is 4. The van der Waals surface area contributed by atoms with E-state index in [-0.39, 0.29) is 25.3 Å². The summed E-state index contributed by atoms with van der Waals surface area (Å²) in [6.07, 6.45) is 3.39. The first kappa shape index (κ1) is 41.2. The van der Waals surface area contributed by atoms with Crippen LogP contribution in [0.3, 0.4) is 0 Å². The van der Waals surface area contributed by atoms with Gasteiger partial charge in [0.2, 0.25) is 27.7 Å². The van der Waals surface area contributed by atoms with E-state index in [1.54, 1.807) is 29.6 Å². The summed E-state index contributed by atoms with van der Waals surface area (Å²) in [5.74, 6) is -1.23. The second-order valence-corrected chi connectivity index (χ2v) is 19.7. The first-order chi connectivity index (χ1) is 28.6. The molecule has 2 aliphatic carbocycles. The number of rotatable bonds is 14. The summed E-state index contributed by atoms with van der Waals surface area (Å²) >= 11 is 7.67. The number of likely N-dealkylation sites (tertiary alicyclic amines) is 1. The summed E-state index contributed by atoms with van der Waals surface area (Å²) < 4.78 is 45.4. The van der Waals surface area contributed by atoms with Crippen LogP contribution in [-0.2, 0) is 24.4 Å². The monoisotopic (exact) mass is 873 g/mol. The minimum Gasteiger partial charge on any atom is -0.494 e. The fourth-order valence-electron chi connectivity index (χ4n) is 7.51. The van der Waals surface area contributed by atoms with Crippen molar-refractivity contribution < 1.29 is 36.8 Å². The molecule has 3 amide bonds. The first-order valence-electron chi connectivity index (χ1n) is 19.4. The van der Waals surface area contributed by atoms with E-state index in [2.05, 4.69) is 32.1 Å². The molecule has 8 rings (SSSR count). The Kier molecular flexibility index (Phi) is 10.9. The fourth-order valence-corrected chi connectivity index (χ4v) is 9.77. The number of carbonyl (C=O) groups excluding carboxylic acids is 3. The van der Waals surface area contributed by atoms with E-state index in [0.29, 0.717) is 56.7 Å². The van der Waals surface area contributed by atoms with E-state index in [4.69, 9.17) is 30.6 Å². The van der Waals surface area contributed by atoms with Gasteiger partial charge in [0.25, 0.3) is 5.91 Å². The Morgan fingerprint density at radius 3 is 2.55 bits per heavy atom. The maximum atomic E-state index is 14.9. The van der Waals surface area contributed by atoms with Crippen molar-refractivity contribution in [2.75, 3.05) is 19.0 Å². The van der Waals surface area contributed by atoms with Gasteiger partial charge < -0.3 is 29.5 Å². The molecule has 3 aromatic heterocycles. The Morgan fingerprint density at radius 1 is 1.10 bits per heavy atom. The highest BCUT2D eigenvalue weighted by Crippen LogP contribution is 2.46. The Bertz CT molecular complexity index is 2590. The molecule has 2 aromatic carbocycles. The molecule has 15 nitrogen and oxygen atoms in total. The quantitative estimate of drug-likeness (QED) is 0.107. The number of amides is 3. The minimum atomic E-state index is -3.91. The van der Waals surface area contributed by atoms with E-state index in [9.17, 15) is 22.8 Å². The highest BCUT2D eigenvalue weighted by Gasteiger charge is 2.62. The number of nitrogens with one attached hydrogen (secondary N) is 3. The standard InChI is InChI=1S/C42H44ClN7O8S2/c1-6-24-19-42(24,39(53)49-60(54,55)27-13-14-27)47-36(51)32-17-26(57-37-29-16-25(43)12-15-28(29)34(56-5)20-44-37)21-50(32)38(52)35(41(2,3)4)46-40-45-31(22-59-40)33-18-30(48-58-33)23-10-8-7-9-11-23/h6-12,15-16,18,20,22,24,26-27,32,35H,1,13-14,17,19,21H2,2-5H3,(H,45,46)(H,47,51)(H,49,53)/t24-,26-,32+,35-,42-/m1/s1. The molecule has 4 heterocycles. The molecular weight excluding hydrogens is 830 g/mol. The molecule has 0 bridgehead atoms. The van der Waals surface area contributed by atoms with Crippen LogP contribution >= 0.6 is 22.9 Å². The minimum absolute atomic E-state index is 0.0233. The molecule has 0 spiro atoms. The number of carbonyl (C=O) groups is 3. The van der Waals surface area contributed by atoms with Crippen LogP contribution in [0.5, 0.6) is 11.6 Å². The SMILES string of the molecule is C=C[C@@H]1C[C@]1(NC(=O)[C@@H]1C[C@@H](Oc2ncc(OC)c3ccc(Cl)cc23)CN1C(=O)[C@@H](Nc1nc(-c2cc(-c3ccccc3)no2)cs1)C(C)(C)C)C(=O)NS(=O)(=O)C1CC1. The van der Waals surface area contributed by atoms with Crippen molar-refractivity contribution in [1.29, 1.82) is 0 Å². The van der Waals surface area contributed by atoms with Crippen LogP contribution in [-0.4, -0.2) is 88.8 Å². The topological polar surface area (TPSA) is 195 Å². The third kappa shape index (κ3) is 8.17. The molecule has 1 saturated heterocycles. The van der Waals surface area contributed by atoms with Crippen LogP contribution in [0.1, 0.15) is 46.5 Å². The van der Waals surface area contributed by atoms with Gasteiger partial charge >= 0.3 is 0 Å². The zero-order chi connectivity index (χ0) is 42.6. The molecule has 60 heavy (non-hydrogen) atoms. The van der Waals surface area contributed by atoms with Crippen molar-refractivity contribution in [3.8, 4) is 34.3 Å². The van der Waals surface area contributed by atoms with Crippen molar-refractivity contribution in [3.63, 3.8) is 0 Å². The van der Waals surface area contributed by atoms with Gasteiger partial charge in [0, 0.05) is 45.1 Å². The third-order valence-corrected chi connectivity index (χ3v) is 13.9. The van der Waals surface area contributed by atoms with Crippen LogP contribution in [0, 0.1) is 11.3 Å². The van der Waals surface area contributed by atoms with Gasteiger partial charge in [0.15, 0.2) is 10.9 Å². The summed E-state index contributed by atoms with van der Waals surface area (Å²) in [4.78, 5) is 53.8. The van der Waals surface area contributed by atoms with E-state index >= 15 is 0 Å². The summed E-state index contributed by atoms with van der Waals surface area (Å²) in [6, 6.07) is 14.6. The zero-order valence-corrected chi connectivity index (χ0v) is 35.7. The molecule has 18 heteroatoms. The molecule has 0 radical (unpaired) electrons. The van der Waals surface area contributed by atoms with Gasteiger partial charge in [-0.2, -0.15) is 0 Å². The zero-order valence-electron chi connectivity index (χ0n) is 33.3. The van der Waals surface area contributed by atoms with Gasteiger partial charge in [0.05, 0.1) is 25.1 Å². The van der Waals surface area contributed by atoms with E-state index < -0.39 is 68.1 Å². The van der Waals surface area contributed by atoms with Gasteiger partial charge in [-0.25, -0.2) is 18.4 Å². The highest BCUT2D eigenvalue weighted by molar-refractivity contribution is 7.91. The molecule has 3 aliphatic rings. The summed E-state index contributed by atoms with van der Waals surface area (Å²) in [5.41, 5.74) is -0.192. The van der Waals surface area contributed by atoms with Crippen LogP contribution in [0.15, 0.2) is 83.4 Å². The van der Waals surface area contributed by atoms with Crippen LogP contribution in [0.25, 0.3) is 33.5 Å². The summed E-state index contributed by atoms with van der Waals surface area (Å²) in [7, 11) is -2.38. The number of benzene rings is 2. The van der Waals surface area contributed by atoms with Gasteiger partial charge in [-0.1, -0.05) is 73.9 Å². The summed E-state index contributed by atoms with van der Waals surface area (Å²) in [5, 5.41) is 13.7. The number of thiazole rings is 1. The lowest BCUT2D eigenvalue weighted by Crippen LogP contribution is -2.58. The second kappa shape index (κ2) is 15.8. The van der Waals surface area contributed by atoms with Crippen LogP contribution in [0.4, 0.5) is 5.13 Å². The Balaban J connectivity index is 1.08. The lowest BCUT2D eigenvalue weighted by Gasteiger charge is -2.35. The van der Waals surface area contributed by atoms with Crippen molar-refractivity contribution in [2.24, 2.45) is 11.3 Å². The van der Waals surface area contributed by atoms with Crippen molar-refractivity contribution in [3.05, 3.63) is 83.9 Å². The van der Waals surface area contributed by atoms with Crippen LogP contribution < -0.4 is 24.8 Å². The Labute approximate surface area is 355 Å². The number of aromatic nitrogens is 3. The molecule has 2 saturated carbocycles. The first-order valence-corrected chi connectivity index (χ1v) is 22.2. The smallest absolute Gasteiger partial charge is 0.259 e. The number of pyridine rings is 1. The van der Waals surface area contributed by atoms with Gasteiger partial charge in [-0.3, -0.25) is 19.1 Å². The molecule has 5 aromatic rings.